The molecule has 0 N–H and O–H groups in total. The Balaban J connectivity index is 2.43. The van der Waals surface area contributed by atoms with Crippen molar-refractivity contribution in [1.29, 1.82) is 0 Å². The molecule has 0 aromatic carbocycles. The topological polar surface area (TPSA) is 59.7 Å². The number of aliphatic imine (C=N–C) groups is 1. The Morgan fingerprint density at radius 2 is 2.35 bits per heavy atom. The van der Waals surface area contributed by atoms with E-state index in [0.29, 0.717) is 24.6 Å². The van der Waals surface area contributed by atoms with E-state index >= 15 is 0 Å². The van der Waals surface area contributed by atoms with Crippen molar-refractivity contribution in [2.45, 2.75) is 26.8 Å². The van der Waals surface area contributed by atoms with Crippen molar-refractivity contribution in [3.8, 4) is 0 Å². The zero-order valence-corrected chi connectivity index (χ0v) is 12.5. The second-order valence-corrected chi connectivity index (χ2v) is 5.32. The van der Waals surface area contributed by atoms with Gasteiger partial charge in [0.15, 0.2) is 12.1 Å². The van der Waals surface area contributed by atoms with E-state index in [1.165, 1.54) is 0 Å². The maximum absolute atomic E-state index is 11.2. The predicted octanol–water partition coefficient (Wildman–Crippen LogP) is 1.90. The molecule has 1 fully saturated rings. The summed E-state index contributed by atoms with van der Waals surface area (Å²) in [7, 11) is 2.01. The van der Waals surface area contributed by atoms with Crippen LogP contribution in [0.25, 0.3) is 0 Å². The first kappa shape index (κ1) is 14.7. The Labute approximate surface area is 119 Å². The second-order valence-electron chi connectivity index (χ2n) is 5.32. The molecule has 1 aliphatic heterocycles. The van der Waals surface area contributed by atoms with Crippen LogP contribution in [0.2, 0.25) is 0 Å². The molecule has 1 aromatic rings. The Hall–Kier alpha value is -1.69. The van der Waals surface area contributed by atoms with Crippen molar-refractivity contribution in [1.82, 2.24) is 14.7 Å². The first-order valence-electron chi connectivity index (χ1n) is 6.98. The van der Waals surface area contributed by atoms with Crippen LogP contribution in [0.5, 0.6) is 0 Å². The van der Waals surface area contributed by atoms with Gasteiger partial charge in [0.25, 0.3) is 0 Å². The molecule has 0 spiro atoms. The zero-order valence-electron chi connectivity index (χ0n) is 12.5. The highest BCUT2D eigenvalue weighted by atomic mass is 16.5. The van der Waals surface area contributed by atoms with E-state index in [1.807, 2.05) is 7.05 Å². The molecule has 0 amide bonds. The fourth-order valence-corrected chi connectivity index (χ4v) is 2.13. The van der Waals surface area contributed by atoms with E-state index < -0.39 is 0 Å². The number of hydrogen-bond donors (Lipinski definition) is 0. The van der Waals surface area contributed by atoms with Crippen LogP contribution >= 0.6 is 0 Å². The molecule has 0 radical (unpaired) electrons. The van der Waals surface area contributed by atoms with E-state index in [2.05, 4.69) is 30.8 Å². The number of amidine groups is 1. The van der Waals surface area contributed by atoms with Gasteiger partial charge in [0.05, 0.1) is 25.0 Å². The SMILES string of the molecule is CCN(C)C(=Nc1c(C=O)cnn1C1COC1)C(C)C. The van der Waals surface area contributed by atoms with Gasteiger partial charge in [-0.15, -0.1) is 0 Å². The van der Waals surface area contributed by atoms with Crippen LogP contribution in [0, 0.1) is 5.92 Å². The van der Waals surface area contributed by atoms with Gasteiger partial charge in [-0.25, -0.2) is 9.67 Å². The molecule has 0 aliphatic carbocycles. The number of hydrogen-bond acceptors (Lipinski definition) is 4. The Kier molecular flexibility index (Phi) is 4.54. The minimum Gasteiger partial charge on any atom is -0.377 e. The number of carbonyl (C=O) groups is 1. The van der Waals surface area contributed by atoms with Gasteiger partial charge in [0.2, 0.25) is 0 Å². The quantitative estimate of drug-likeness (QED) is 0.469. The van der Waals surface area contributed by atoms with E-state index in [1.54, 1.807) is 10.9 Å². The lowest BCUT2D eigenvalue weighted by molar-refractivity contribution is -0.0278. The van der Waals surface area contributed by atoms with Crippen molar-refractivity contribution in [3.63, 3.8) is 0 Å². The van der Waals surface area contributed by atoms with Crippen LogP contribution in [-0.2, 0) is 4.74 Å². The number of aldehydes is 1. The number of rotatable bonds is 5. The molecule has 110 valence electrons. The summed E-state index contributed by atoms with van der Waals surface area (Å²) in [6.45, 7) is 8.40. The third kappa shape index (κ3) is 2.75. The molecule has 0 atom stereocenters. The molecule has 1 aromatic heterocycles. The molecule has 0 unspecified atom stereocenters. The van der Waals surface area contributed by atoms with E-state index in [4.69, 9.17) is 9.73 Å². The van der Waals surface area contributed by atoms with E-state index in [9.17, 15) is 4.79 Å². The standard InChI is InChI=1S/C14H22N4O2/c1-5-17(4)13(10(2)3)16-14-11(7-19)6-15-18(14)12-8-20-9-12/h6-7,10,12H,5,8-9H2,1-4H3. The van der Waals surface area contributed by atoms with Gasteiger partial charge < -0.3 is 9.64 Å². The molecular weight excluding hydrogens is 256 g/mol. The van der Waals surface area contributed by atoms with Crippen molar-refractivity contribution in [3.05, 3.63) is 11.8 Å². The lowest BCUT2D eigenvalue weighted by Crippen LogP contribution is -2.32. The minimum atomic E-state index is 0.183. The molecule has 1 saturated heterocycles. The van der Waals surface area contributed by atoms with Gasteiger partial charge in [-0.3, -0.25) is 4.79 Å². The van der Waals surface area contributed by atoms with Crippen molar-refractivity contribution in [2.75, 3.05) is 26.8 Å². The highest BCUT2D eigenvalue weighted by Crippen LogP contribution is 2.27. The summed E-state index contributed by atoms with van der Waals surface area (Å²) in [5.41, 5.74) is 0.527. The monoisotopic (exact) mass is 278 g/mol. The van der Waals surface area contributed by atoms with Crippen LogP contribution in [-0.4, -0.2) is 53.6 Å². The molecule has 20 heavy (non-hydrogen) atoms. The molecule has 1 aliphatic rings. The summed E-state index contributed by atoms with van der Waals surface area (Å²) >= 11 is 0. The van der Waals surface area contributed by atoms with Crippen LogP contribution in [0.1, 0.15) is 37.2 Å². The van der Waals surface area contributed by atoms with Gasteiger partial charge in [0.1, 0.15) is 11.9 Å². The van der Waals surface area contributed by atoms with E-state index in [-0.39, 0.29) is 12.0 Å². The lowest BCUT2D eigenvalue weighted by atomic mass is 10.2. The number of nitrogens with zero attached hydrogens (tertiary/aromatic N) is 4. The smallest absolute Gasteiger partial charge is 0.163 e. The lowest BCUT2D eigenvalue weighted by Gasteiger charge is -2.28. The molecule has 0 saturated carbocycles. The number of aromatic nitrogens is 2. The maximum Gasteiger partial charge on any atom is 0.163 e. The van der Waals surface area contributed by atoms with Crippen LogP contribution in [0.4, 0.5) is 5.82 Å². The van der Waals surface area contributed by atoms with Crippen molar-refractivity contribution >= 4 is 17.9 Å². The fourth-order valence-electron chi connectivity index (χ4n) is 2.13. The summed E-state index contributed by atoms with van der Waals surface area (Å²) in [6, 6.07) is 0.183. The van der Waals surface area contributed by atoms with Gasteiger partial charge >= 0.3 is 0 Å². The van der Waals surface area contributed by atoms with Crippen molar-refractivity contribution in [2.24, 2.45) is 10.9 Å². The van der Waals surface area contributed by atoms with Crippen LogP contribution < -0.4 is 0 Å². The molecule has 6 heteroatoms. The van der Waals surface area contributed by atoms with Crippen LogP contribution in [0.15, 0.2) is 11.2 Å². The molecular formula is C14H22N4O2. The van der Waals surface area contributed by atoms with Gasteiger partial charge in [-0.1, -0.05) is 13.8 Å². The highest BCUT2D eigenvalue weighted by molar-refractivity contribution is 5.89. The normalized spacial score (nSPS) is 16.4. The minimum absolute atomic E-state index is 0.183. The summed E-state index contributed by atoms with van der Waals surface area (Å²) < 4.78 is 7.00. The van der Waals surface area contributed by atoms with Gasteiger partial charge in [-0.05, 0) is 6.92 Å². The molecule has 0 bridgehead atoms. The largest absolute Gasteiger partial charge is 0.377 e. The third-order valence-electron chi connectivity index (χ3n) is 3.49. The number of ether oxygens (including phenoxy) is 1. The summed E-state index contributed by atoms with van der Waals surface area (Å²) in [4.78, 5) is 18.0. The first-order valence-corrected chi connectivity index (χ1v) is 6.98. The average molecular weight is 278 g/mol. The maximum atomic E-state index is 11.2. The van der Waals surface area contributed by atoms with Gasteiger partial charge in [0, 0.05) is 19.5 Å². The Morgan fingerprint density at radius 1 is 1.65 bits per heavy atom. The number of carbonyl (C=O) groups excluding carboxylic acids is 1. The summed E-state index contributed by atoms with van der Waals surface area (Å²) in [5.74, 6) is 1.87. The molecule has 2 heterocycles. The third-order valence-corrected chi connectivity index (χ3v) is 3.49. The second kappa shape index (κ2) is 6.17. The van der Waals surface area contributed by atoms with Crippen molar-refractivity contribution < 1.29 is 9.53 Å². The average Bonchev–Trinajstić information content (AvgIpc) is 2.75. The van der Waals surface area contributed by atoms with E-state index in [0.717, 1.165) is 18.7 Å². The Morgan fingerprint density at radius 3 is 2.80 bits per heavy atom. The van der Waals surface area contributed by atoms with Gasteiger partial charge in [-0.2, -0.15) is 5.10 Å². The molecule has 6 nitrogen and oxygen atoms in total. The summed E-state index contributed by atoms with van der Waals surface area (Å²) in [6.07, 6.45) is 2.39. The highest BCUT2D eigenvalue weighted by Gasteiger charge is 2.26. The molecule has 2 rings (SSSR count). The van der Waals surface area contributed by atoms with Crippen LogP contribution in [0.3, 0.4) is 0 Å². The Bertz CT molecular complexity index is 503. The first-order chi connectivity index (χ1) is 9.58. The predicted molar refractivity (Wildman–Crippen MR) is 77.7 cm³/mol. The zero-order chi connectivity index (χ0) is 14.7. The summed E-state index contributed by atoms with van der Waals surface area (Å²) in [5, 5.41) is 4.29. The fraction of sp³-hybridized carbons (Fsp3) is 0.643.